The van der Waals surface area contributed by atoms with Gasteiger partial charge in [0.2, 0.25) is 0 Å². The van der Waals surface area contributed by atoms with E-state index in [1.165, 1.54) is 0 Å². The summed E-state index contributed by atoms with van der Waals surface area (Å²) in [6.45, 7) is 0. The zero-order valence-electron chi connectivity index (χ0n) is 6.75. The summed E-state index contributed by atoms with van der Waals surface area (Å²) in [5.74, 6) is -1.85. The van der Waals surface area contributed by atoms with Crippen LogP contribution in [0.4, 0.5) is 26.3 Å². The number of halogens is 7. The molecular weight excluding hydrogens is 248 g/mol. The molecule has 0 radical (unpaired) electrons. The van der Waals surface area contributed by atoms with Crippen molar-refractivity contribution in [1.82, 2.24) is 4.98 Å². The van der Waals surface area contributed by atoms with E-state index in [9.17, 15) is 26.3 Å². The molecule has 1 aromatic heterocycles. The van der Waals surface area contributed by atoms with Crippen molar-refractivity contribution < 1.29 is 26.3 Å². The molecule has 0 saturated carbocycles. The summed E-state index contributed by atoms with van der Waals surface area (Å²) in [6, 6.07) is 0. The second-order valence-electron chi connectivity index (χ2n) is 2.48. The van der Waals surface area contributed by atoms with Crippen molar-refractivity contribution in [1.29, 1.82) is 0 Å². The minimum Gasteiger partial charge on any atom is -0.251 e. The molecule has 84 valence electrons. The van der Waals surface area contributed by atoms with Crippen LogP contribution in [0.15, 0.2) is 6.20 Å². The summed E-state index contributed by atoms with van der Waals surface area (Å²) < 4.78 is 73.1. The van der Waals surface area contributed by atoms with Gasteiger partial charge in [-0.1, -0.05) is 11.6 Å². The van der Waals surface area contributed by atoms with Crippen molar-refractivity contribution in [2.45, 2.75) is 12.6 Å². The van der Waals surface area contributed by atoms with Gasteiger partial charge in [0.1, 0.15) is 5.69 Å². The lowest BCUT2D eigenvalue weighted by molar-refractivity contribution is -0.138. The lowest BCUT2D eigenvalue weighted by Crippen LogP contribution is -2.10. The van der Waals surface area contributed by atoms with Crippen LogP contribution in [0.3, 0.4) is 0 Å². The van der Waals surface area contributed by atoms with Crippen molar-refractivity contribution >= 4 is 11.6 Å². The highest BCUT2D eigenvalue weighted by atomic mass is 35.5. The first-order chi connectivity index (χ1) is 6.75. The molecule has 0 spiro atoms. The van der Waals surface area contributed by atoms with Crippen molar-refractivity contribution in [3.8, 4) is 0 Å². The third kappa shape index (κ3) is 2.34. The largest absolute Gasteiger partial charge is 0.419 e. The quantitative estimate of drug-likeness (QED) is 0.689. The number of aromatic nitrogens is 1. The maximum Gasteiger partial charge on any atom is 0.419 e. The SMILES string of the molecule is Fc1c(C(F)F)ncc(C(F)(F)F)c1Cl. The average Bonchev–Trinajstić information content (AvgIpc) is 2.06. The van der Waals surface area contributed by atoms with Crippen LogP contribution in [-0.4, -0.2) is 4.98 Å². The van der Waals surface area contributed by atoms with E-state index < -0.39 is 34.7 Å². The van der Waals surface area contributed by atoms with Gasteiger partial charge >= 0.3 is 6.18 Å². The molecule has 0 atom stereocenters. The fourth-order valence-corrected chi connectivity index (χ4v) is 1.08. The van der Waals surface area contributed by atoms with E-state index in [0.29, 0.717) is 0 Å². The first-order valence-corrected chi connectivity index (χ1v) is 3.82. The lowest BCUT2D eigenvalue weighted by atomic mass is 10.2. The summed E-state index contributed by atoms with van der Waals surface area (Å²) in [5, 5.41) is -1.40. The Labute approximate surface area is 84.7 Å². The zero-order chi connectivity index (χ0) is 11.8. The topological polar surface area (TPSA) is 12.9 Å². The maximum absolute atomic E-state index is 12.9. The molecule has 0 saturated heterocycles. The molecule has 0 N–H and O–H groups in total. The van der Waals surface area contributed by atoms with E-state index in [2.05, 4.69) is 4.98 Å². The molecule has 0 unspecified atom stereocenters. The highest BCUT2D eigenvalue weighted by molar-refractivity contribution is 6.31. The standard InChI is InChI=1S/C7H2ClF6N/c8-3-2(7(12,13)14)1-15-5(4(3)9)6(10)11/h1,6H. The fourth-order valence-electron chi connectivity index (χ4n) is 0.828. The van der Waals surface area contributed by atoms with Crippen LogP contribution in [0.1, 0.15) is 17.7 Å². The second kappa shape index (κ2) is 3.88. The van der Waals surface area contributed by atoms with Gasteiger partial charge in [-0.15, -0.1) is 0 Å². The van der Waals surface area contributed by atoms with E-state index >= 15 is 0 Å². The van der Waals surface area contributed by atoms with Gasteiger partial charge in [-0.3, -0.25) is 4.98 Å². The van der Waals surface area contributed by atoms with Crippen LogP contribution >= 0.6 is 11.6 Å². The summed E-state index contributed by atoms with van der Waals surface area (Å²) in [6.07, 6.45) is -8.16. The van der Waals surface area contributed by atoms with Gasteiger partial charge in [0, 0.05) is 6.20 Å². The Balaban J connectivity index is 3.34. The molecule has 0 aliphatic rings. The van der Waals surface area contributed by atoms with E-state index in [1.807, 2.05) is 0 Å². The molecule has 1 aromatic rings. The molecule has 1 heterocycles. The third-order valence-corrected chi connectivity index (χ3v) is 1.87. The van der Waals surface area contributed by atoms with Gasteiger partial charge in [-0.2, -0.15) is 13.2 Å². The third-order valence-electron chi connectivity index (χ3n) is 1.50. The number of alkyl halides is 5. The lowest BCUT2D eigenvalue weighted by Gasteiger charge is -2.10. The predicted molar refractivity (Wildman–Crippen MR) is 39.2 cm³/mol. The Kier molecular flexibility index (Phi) is 3.13. The fraction of sp³-hybridized carbons (Fsp3) is 0.286. The van der Waals surface area contributed by atoms with E-state index in [4.69, 9.17) is 11.6 Å². The number of rotatable bonds is 1. The summed E-state index contributed by atoms with van der Waals surface area (Å²) in [4.78, 5) is 2.68. The van der Waals surface area contributed by atoms with E-state index in [0.717, 1.165) is 0 Å². The van der Waals surface area contributed by atoms with Gasteiger partial charge in [-0.25, -0.2) is 13.2 Å². The summed E-state index contributed by atoms with van der Waals surface area (Å²) >= 11 is 4.96. The average molecular weight is 250 g/mol. The second-order valence-corrected chi connectivity index (χ2v) is 2.86. The van der Waals surface area contributed by atoms with Crippen molar-refractivity contribution in [2.24, 2.45) is 0 Å². The first-order valence-electron chi connectivity index (χ1n) is 3.44. The van der Waals surface area contributed by atoms with E-state index in [-0.39, 0.29) is 6.20 Å². The minimum absolute atomic E-state index is 0.0763. The molecule has 0 aromatic carbocycles. The molecule has 0 amide bonds. The summed E-state index contributed by atoms with van der Waals surface area (Å²) in [7, 11) is 0. The molecule has 0 bridgehead atoms. The molecule has 0 aliphatic heterocycles. The van der Waals surface area contributed by atoms with Gasteiger partial charge in [-0.05, 0) is 0 Å². The number of hydrogen-bond donors (Lipinski definition) is 0. The first kappa shape index (κ1) is 12.1. The highest BCUT2D eigenvalue weighted by Gasteiger charge is 2.36. The Morgan fingerprint density at radius 2 is 1.80 bits per heavy atom. The predicted octanol–water partition coefficient (Wildman–Crippen LogP) is 3.83. The normalized spacial score (nSPS) is 12.3. The van der Waals surface area contributed by atoms with Gasteiger partial charge < -0.3 is 0 Å². The minimum atomic E-state index is -4.93. The van der Waals surface area contributed by atoms with Gasteiger partial charge in [0.25, 0.3) is 6.43 Å². The number of nitrogens with zero attached hydrogens (tertiary/aromatic N) is 1. The molecule has 1 rings (SSSR count). The molecule has 15 heavy (non-hydrogen) atoms. The maximum atomic E-state index is 12.9. The Hall–Kier alpha value is -0.980. The summed E-state index contributed by atoms with van der Waals surface area (Å²) in [5.41, 5.74) is -2.97. The zero-order valence-corrected chi connectivity index (χ0v) is 7.50. The van der Waals surface area contributed by atoms with Crippen LogP contribution in [0, 0.1) is 5.82 Å². The Morgan fingerprint density at radius 1 is 1.27 bits per heavy atom. The van der Waals surface area contributed by atoms with Crippen molar-refractivity contribution in [3.05, 3.63) is 28.3 Å². The van der Waals surface area contributed by atoms with Crippen LogP contribution < -0.4 is 0 Å². The number of hydrogen-bond acceptors (Lipinski definition) is 1. The van der Waals surface area contributed by atoms with Crippen LogP contribution in [0.5, 0.6) is 0 Å². The van der Waals surface area contributed by atoms with Crippen molar-refractivity contribution in [2.75, 3.05) is 0 Å². The molecule has 1 nitrogen and oxygen atoms in total. The van der Waals surface area contributed by atoms with E-state index in [1.54, 1.807) is 0 Å². The molecular formula is C7H2ClF6N. The van der Waals surface area contributed by atoms with Crippen LogP contribution in [0.25, 0.3) is 0 Å². The highest BCUT2D eigenvalue weighted by Crippen LogP contribution is 2.37. The van der Waals surface area contributed by atoms with Gasteiger partial charge in [0.05, 0.1) is 10.6 Å². The molecule has 0 fully saturated rings. The Morgan fingerprint density at radius 3 is 2.20 bits per heavy atom. The monoisotopic (exact) mass is 249 g/mol. The number of pyridine rings is 1. The van der Waals surface area contributed by atoms with Crippen LogP contribution in [0.2, 0.25) is 5.02 Å². The Bertz CT molecular complexity index is 374. The smallest absolute Gasteiger partial charge is 0.251 e. The molecule has 8 heteroatoms. The van der Waals surface area contributed by atoms with Crippen molar-refractivity contribution in [3.63, 3.8) is 0 Å². The molecule has 0 aliphatic carbocycles. The van der Waals surface area contributed by atoms with Crippen LogP contribution in [-0.2, 0) is 6.18 Å². The van der Waals surface area contributed by atoms with Gasteiger partial charge in [0.15, 0.2) is 5.82 Å².